The van der Waals surface area contributed by atoms with Crippen LogP contribution in [-0.2, 0) is 22.6 Å². The summed E-state index contributed by atoms with van der Waals surface area (Å²) >= 11 is 0. The van der Waals surface area contributed by atoms with Crippen molar-refractivity contribution in [1.29, 1.82) is 0 Å². The van der Waals surface area contributed by atoms with Crippen molar-refractivity contribution in [2.24, 2.45) is 0 Å². The number of carboxylic acid groups (broad SMARTS) is 1. The standard InChI is InChI=1S/C13H18N2O4/c1-3-9-6-11(15-12(16)7-14-2)5-4-10(9)8-19-13(17)18/h4-6,14H,3,7-8H2,1-2H3,(H,15,16)(H,17,18). The zero-order valence-electron chi connectivity index (χ0n) is 11.0. The topological polar surface area (TPSA) is 87.7 Å². The fraction of sp³-hybridized carbons (Fsp3) is 0.385. The number of likely N-dealkylation sites (N-methyl/N-ethyl adjacent to an activating group) is 1. The molecular weight excluding hydrogens is 248 g/mol. The van der Waals surface area contributed by atoms with Gasteiger partial charge in [-0.25, -0.2) is 4.79 Å². The summed E-state index contributed by atoms with van der Waals surface area (Å²) in [4.78, 5) is 21.8. The number of anilines is 1. The zero-order valence-corrected chi connectivity index (χ0v) is 11.0. The van der Waals surface area contributed by atoms with Crippen molar-refractivity contribution in [1.82, 2.24) is 5.32 Å². The number of carbonyl (C=O) groups is 2. The first kappa shape index (κ1) is 15.0. The van der Waals surface area contributed by atoms with E-state index in [0.717, 1.165) is 17.5 Å². The summed E-state index contributed by atoms with van der Waals surface area (Å²) in [5.41, 5.74) is 2.44. The Balaban J connectivity index is 2.77. The Hall–Kier alpha value is -2.08. The molecule has 0 radical (unpaired) electrons. The van der Waals surface area contributed by atoms with Crippen LogP contribution in [0.15, 0.2) is 18.2 Å². The quantitative estimate of drug-likeness (QED) is 0.681. The van der Waals surface area contributed by atoms with E-state index in [1.807, 2.05) is 13.0 Å². The number of hydrogen-bond acceptors (Lipinski definition) is 4. The second-order valence-electron chi connectivity index (χ2n) is 3.97. The molecule has 0 spiro atoms. The number of carbonyl (C=O) groups excluding carboxylic acids is 1. The molecule has 0 bridgehead atoms. The smallest absolute Gasteiger partial charge is 0.450 e. The van der Waals surface area contributed by atoms with Crippen molar-refractivity contribution in [3.63, 3.8) is 0 Å². The molecule has 0 atom stereocenters. The van der Waals surface area contributed by atoms with Gasteiger partial charge in [-0.1, -0.05) is 13.0 Å². The van der Waals surface area contributed by atoms with Crippen LogP contribution >= 0.6 is 0 Å². The Morgan fingerprint density at radius 1 is 1.32 bits per heavy atom. The molecule has 3 N–H and O–H groups in total. The third kappa shape index (κ3) is 4.97. The highest BCUT2D eigenvalue weighted by molar-refractivity contribution is 5.92. The minimum atomic E-state index is -1.30. The molecule has 104 valence electrons. The van der Waals surface area contributed by atoms with E-state index < -0.39 is 6.16 Å². The molecule has 0 aliphatic heterocycles. The Kier molecular flexibility index (Phi) is 5.81. The fourth-order valence-electron chi connectivity index (χ4n) is 1.68. The third-order valence-electron chi connectivity index (χ3n) is 2.56. The van der Waals surface area contributed by atoms with E-state index in [0.29, 0.717) is 5.69 Å². The van der Waals surface area contributed by atoms with Gasteiger partial charge in [0.1, 0.15) is 6.61 Å². The summed E-state index contributed by atoms with van der Waals surface area (Å²) in [6.45, 7) is 2.22. The first-order valence-electron chi connectivity index (χ1n) is 5.98. The average Bonchev–Trinajstić information content (AvgIpc) is 2.37. The molecule has 1 rings (SSSR count). The Morgan fingerprint density at radius 3 is 2.63 bits per heavy atom. The summed E-state index contributed by atoms with van der Waals surface area (Å²) < 4.78 is 4.55. The van der Waals surface area contributed by atoms with Crippen LogP contribution in [0.2, 0.25) is 0 Å². The SMILES string of the molecule is CCc1cc(NC(=O)CNC)ccc1COC(=O)O. The molecule has 0 saturated heterocycles. The molecule has 6 heteroatoms. The van der Waals surface area contributed by atoms with Crippen LogP contribution in [0.25, 0.3) is 0 Å². The molecule has 0 unspecified atom stereocenters. The normalized spacial score (nSPS) is 10.0. The van der Waals surface area contributed by atoms with Crippen molar-refractivity contribution in [2.75, 3.05) is 18.9 Å². The van der Waals surface area contributed by atoms with E-state index in [2.05, 4.69) is 15.4 Å². The first-order chi connectivity index (χ1) is 9.06. The Morgan fingerprint density at radius 2 is 2.05 bits per heavy atom. The monoisotopic (exact) mass is 266 g/mol. The van der Waals surface area contributed by atoms with E-state index in [9.17, 15) is 9.59 Å². The van der Waals surface area contributed by atoms with Crippen LogP contribution in [0.5, 0.6) is 0 Å². The molecule has 19 heavy (non-hydrogen) atoms. The van der Waals surface area contributed by atoms with Gasteiger partial charge in [0.25, 0.3) is 0 Å². The van der Waals surface area contributed by atoms with E-state index in [1.165, 1.54) is 0 Å². The maximum atomic E-state index is 11.4. The van der Waals surface area contributed by atoms with Crippen molar-refractivity contribution in [3.05, 3.63) is 29.3 Å². The number of aryl methyl sites for hydroxylation is 1. The summed E-state index contributed by atoms with van der Waals surface area (Å²) in [5, 5.41) is 14.0. The van der Waals surface area contributed by atoms with Gasteiger partial charge in [-0.2, -0.15) is 0 Å². The average molecular weight is 266 g/mol. The predicted octanol–water partition coefficient (Wildman–Crippen LogP) is 1.60. The lowest BCUT2D eigenvalue weighted by atomic mass is 10.0. The molecule has 1 amide bonds. The van der Waals surface area contributed by atoms with Crippen molar-refractivity contribution in [3.8, 4) is 0 Å². The summed E-state index contributed by atoms with van der Waals surface area (Å²) in [6.07, 6.45) is -0.568. The second-order valence-corrected chi connectivity index (χ2v) is 3.97. The van der Waals surface area contributed by atoms with Crippen molar-refractivity contribution in [2.45, 2.75) is 20.0 Å². The lowest BCUT2D eigenvalue weighted by molar-refractivity contribution is -0.115. The lowest BCUT2D eigenvalue weighted by Crippen LogP contribution is -2.25. The number of ether oxygens (including phenoxy) is 1. The highest BCUT2D eigenvalue weighted by atomic mass is 16.7. The maximum absolute atomic E-state index is 11.4. The van der Waals surface area contributed by atoms with Crippen LogP contribution in [-0.4, -0.2) is 30.8 Å². The summed E-state index contributed by atoms with van der Waals surface area (Å²) in [7, 11) is 1.70. The molecule has 1 aromatic rings. The van der Waals surface area contributed by atoms with Gasteiger partial charge in [-0.15, -0.1) is 0 Å². The van der Waals surface area contributed by atoms with Gasteiger partial charge in [0.05, 0.1) is 6.54 Å². The molecule has 0 fully saturated rings. The van der Waals surface area contributed by atoms with E-state index >= 15 is 0 Å². The lowest BCUT2D eigenvalue weighted by Gasteiger charge is -2.11. The number of rotatable bonds is 6. The fourth-order valence-corrected chi connectivity index (χ4v) is 1.68. The molecule has 0 aromatic heterocycles. The molecule has 0 aliphatic rings. The molecule has 0 heterocycles. The zero-order chi connectivity index (χ0) is 14.3. The van der Waals surface area contributed by atoms with Gasteiger partial charge in [-0.3, -0.25) is 4.79 Å². The predicted molar refractivity (Wildman–Crippen MR) is 71.2 cm³/mol. The third-order valence-corrected chi connectivity index (χ3v) is 2.56. The molecule has 6 nitrogen and oxygen atoms in total. The van der Waals surface area contributed by atoms with E-state index in [-0.39, 0.29) is 19.1 Å². The van der Waals surface area contributed by atoms with Crippen LogP contribution in [0.3, 0.4) is 0 Å². The maximum Gasteiger partial charge on any atom is 0.506 e. The largest absolute Gasteiger partial charge is 0.506 e. The second kappa shape index (κ2) is 7.38. The van der Waals surface area contributed by atoms with Crippen LogP contribution in [0, 0.1) is 0 Å². The molecule has 0 aliphatic carbocycles. The number of benzene rings is 1. The van der Waals surface area contributed by atoms with Gasteiger partial charge in [0.2, 0.25) is 5.91 Å². The highest BCUT2D eigenvalue weighted by Gasteiger charge is 2.07. The van der Waals surface area contributed by atoms with Crippen molar-refractivity contribution >= 4 is 17.7 Å². The van der Waals surface area contributed by atoms with Gasteiger partial charge in [0, 0.05) is 5.69 Å². The number of nitrogens with one attached hydrogen (secondary N) is 2. The van der Waals surface area contributed by atoms with Crippen LogP contribution in [0.4, 0.5) is 10.5 Å². The van der Waals surface area contributed by atoms with Crippen molar-refractivity contribution < 1.29 is 19.4 Å². The van der Waals surface area contributed by atoms with Gasteiger partial charge in [-0.05, 0) is 36.7 Å². The minimum absolute atomic E-state index is 0.0171. The van der Waals surface area contributed by atoms with Gasteiger partial charge < -0.3 is 20.5 Å². The van der Waals surface area contributed by atoms with Crippen LogP contribution in [0.1, 0.15) is 18.1 Å². The summed E-state index contributed by atoms with van der Waals surface area (Å²) in [6, 6.07) is 5.32. The minimum Gasteiger partial charge on any atom is -0.450 e. The van der Waals surface area contributed by atoms with E-state index in [4.69, 9.17) is 5.11 Å². The molecular formula is C13H18N2O4. The molecule has 1 aromatic carbocycles. The Bertz CT molecular complexity index is 460. The highest BCUT2D eigenvalue weighted by Crippen LogP contribution is 2.17. The van der Waals surface area contributed by atoms with E-state index in [1.54, 1.807) is 19.2 Å². The summed E-state index contributed by atoms with van der Waals surface area (Å²) in [5.74, 6) is -0.126. The first-order valence-corrected chi connectivity index (χ1v) is 5.98. The van der Waals surface area contributed by atoms with Gasteiger partial charge in [0.15, 0.2) is 0 Å². The number of amides is 1. The Labute approximate surface area is 111 Å². The van der Waals surface area contributed by atoms with Crippen LogP contribution < -0.4 is 10.6 Å². The number of hydrogen-bond donors (Lipinski definition) is 3. The van der Waals surface area contributed by atoms with Gasteiger partial charge >= 0.3 is 6.16 Å². The molecule has 0 saturated carbocycles.